The van der Waals surface area contributed by atoms with Crippen LogP contribution < -0.4 is 5.32 Å². The van der Waals surface area contributed by atoms with E-state index in [1.807, 2.05) is 30.3 Å². The van der Waals surface area contributed by atoms with Crippen molar-refractivity contribution < 1.29 is 14.3 Å². The Labute approximate surface area is 233 Å². The van der Waals surface area contributed by atoms with Crippen LogP contribution in [0.4, 0.5) is 15.8 Å². The summed E-state index contributed by atoms with van der Waals surface area (Å²) in [4.78, 5) is 19.7. The number of likely N-dealkylation sites (tertiary alicyclic amines) is 1. The van der Waals surface area contributed by atoms with Crippen molar-refractivity contribution in [2.75, 3.05) is 25.0 Å². The summed E-state index contributed by atoms with van der Waals surface area (Å²) in [6.07, 6.45) is 9.11. The number of Topliss-reactive ketones (excluding diaryl/α,β-unsaturated/α-hetero) is 1. The fourth-order valence-corrected chi connectivity index (χ4v) is 5.49. The number of carbonyl (C=O) groups excluding carboxylic acids is 1. The molecule has 0 unspecified atom stereocenters. The number of hydrogen-bond acceptors (Lipinski definition) is 5. The van der Waals surface area contributed by atoms with E-state index in [4.69, 9.17) is 11.6 Å². The second-order valence-corrected chi connectivity index (χ2v) is 10.7. The Morgan fingerprint density at radius 2 is 1.79 bits per heavy atom. The number of phenols is 1. The van der Waals surface area contributed by atoms with Gasteiger partial charge in [-0.2, -0.15) is 0 Å². The van der Waals surface area contributed by atoms with Crippen molar-refractivity contribution in [3.63, 3.8) is 0 Å². The highest BCUT2D eigenvalue weighted by atomic mass is 35.5. The van der Waals surface area contributed by atoms with Gasteiger partial charge in [-0.3, -0.25) is 9.78 Å². The Kier molecular flexibility index (Phi) is 8.44. The van der Waals surface area contributed by atoms with E-state index in [-0.39, 0.29) is 10.8 Å². The highest BCUT2D eigenvalue weighted by Crippen LogP contribution is 2.36. The van der Waals surface area contributed by atoms with Gasteiger partial charge >= 0.3 is 0 Å². The molecular weight excluding hydrogens is 513 g/mol. The quantitative estimate of drug-likeness (QED) is 0.229. The molecule has 1 aliphatic rings. The summed E-state index contributed by atoms with van der Waals surface area (Å²) >= 11 is 6.04. The van der Waals surface area contributed by atoms with Crippen molar-refractivity contribution in [1.82, 2.24) is 9.88 Å². The Hall–Kier alpha value is -3.48. The number of pyridine rings is 1. The maximum Gasteiger partial charge on any atom is 0.170 e. The van der Waals surface area contributed by atoms with E-state index in [0.717, 1.165) is 24.0 Å². The van der Waals surface area contributed by atoms with Crippen LogP contribution in [0.1, 0.15) is 54.9 Å². The van der Waals surface area contributed by atoms with E-state index in [1.165, 1.54) is 69.8 Å². The molecule has 1 saturated heterocycles. The highest BCUT2D eigenvalue weighted by molar-refractivity contribution is 6.32. The van der Waals surface area contributed by atoms with Crippen molar-refractivity contribution in [2.45, 2.75) is 45.4 Å². The van der Waals surface area contributed by atoms with Crippen LogP contribution >= 0.6 is 11.6 Å². The summed E-state index contributed by atoms with van der Waals surface area (Å²) in [5, 5.41) is 13.9. The number of aromatic hydroxyl groups is 1. The van der Waals surface area contributed by atoms with Crippen molar-refractivity contribution in [1.29, 1.82) is 0 Å². The van der Waals surface area contributed by atoms with Crippen molar-refractivity contribution in [2.24, 2.45) is 0 Å². The first kappa shape index (κ1) is 27.1. The van der Waals surface area contributed by atoms with Gasteiger partial charge in [-0.05, 0) is 92.4 Å². The first-order valence-electron chi connectivity index (χ1n) is 13.6. The number of nitrogens with zero attached hydrogens (tertiary/aromatic N) is 2. The molecule has 7 heteroatoms. The van der Waals surface area contributed by atoms with Crippen molar-refractivity contribution in [3.8, 4) is 16.9 Å². The zero-order valence-corrected chi connectivity index (χ0v) is 22.9. The molecule has 0 atom stereocenters. The van der Waals surface area contributed by atoms with Gasteiger partial charge in [0.15, 0.2) is 17.3 Å². The number of ketones is 1. The zero-order valence-electron chi connectivity index (χ0n) is 22.1. The van der Waals surface area contributed by atoms with Crippen LogP contribution in [-0.4, -0.2) is 40.4 Å². The molecule has 0 bridgehead atoms. The van der Waals surface area contributed by atoms with E-state index < -0.39 is 11.6 Å². The van der Waals surface area contributed by atoms with E-state index >= 15 is 0 Å². The molecule has 1 fully saturated rings. The molecule has 5 nitrogen and oxygen atoms in total. The summed E-state index contributed by atoms with van der Waals surface area (Å²) in [7, 11) is 0. The molecule has 1 aromatic heterocycles. The number of phenolic OH excluding ortho intramolecular Hbond substituents is 1. The second-order valence-electron chi connectivity index (χ2n) is 10.3. The van der Waals surface area contributed by atoms with E-state index in [2.05, 4.69) is 27.3 Å². The Morgan fingerprint density at radius 3 is 2.54 bits per heavy atom. The second kappa shape index (κ2) is 12.1. The molecule has 2 heterocycles. The predicted octanol–water partition coefficient (Wildman–Crippen LogP) is 8.15. The Bertz CT molecular complexity index is 1480. The van der Waals surface area contributed by atoms with E-state index in [1.54, 1.807) is 6.20 Å². The van der Waals surface area contributed by atoms with E-state index in [0.29, 0.717) is 27.9 Å². The van der Waals surface area contributed by atoms with E-state index in [9.17, 15) is 14.3 Å². The average Bonchev–Trinajstić information content (AvgIpc) is 2.91. The normalized spacial score (nSPS) is 14.6. The SMILES string of the molecule is CC(=O)c1cnc2ccc(-c3cc(F)c(O)c(Cl)c3)cc2c1Nc1cccc(CCN2CCCCCCC2)c1. The monoisotopic (exact) mass is 545 g/mol. The minimum Gasteiger partial charge on any atom is -0.504 e. The molecule has 2 N–H and O–H groups in total. The summed E-state index contributed by atoms with van der Waals surface area (Å²) in [6, 6.07) is 16.6. The maximum absolute atomic E-state index is 14.2. The number of benzene rings is 3. The van der Waals surface area contributed by atoms with Crippen LogP contribution in [0.25, 0.3) is 22.0 Å². The lowest BCUT2D eigenvalue weighted by atomic mass is 9.99. The van der Waals surface area contributed by atoms with Gasteiger partial charge in [0.05, 0.1) is 21.8 Å². The number of carbonyl (C=O) groups is 1. The molecule has 0 aliphatic carbocycles. The standard InChI is InChI=1S/C32H33ClFN3O2/c1-21(38)27-20-35-30-11-10-23(24-18-28(33)32(39)29(34)19-24)17-26(30)31(27)36-25-9-7-8-22(16-25)12-15-37-13-5-3-2-4-6-14-37/h7-11,16-20,39H,2-6,12-15H2,1H3,(H,35,36). The molecule has 3 aromatic carbocycles. The van der Waals surface area contributed by atoms with Crippen LogP contribution in [0.3, 0.4) is 0 Å². The fourth-order valence-electron chi connectivity index (χ4n) is 5.28. The largest absolute Gasteiger partial charge is 0.504 e. The number of anilines is 2. The van der Waals surface area contributed by atoms with Crippen LogP contribution in [0.2, 0.25) is 5.02 Å². The number of fused-ring (bicyclic) bond motifs is 1. The molecule has 0 radical (unpaired) electrons. The van der Waals surface area contributed by atoms with Crippen molar-refractivity contribution in [3.05, 3.63) is 82.8 Å². The topological polar surface area (TPSA) is 65.5 Å². The first-order valence-corrected chi connectivity index (χ1v) is 14.0. The van der Waals surface area contributed by atoms with Gasteiger partial charge in [0.1, 0.15) is 0 Å². The number of nitrogens with one attached hydrogen (secondary N) is 1. The molecule has 202 valence electrons. The third kappa shape index (κ3) is 6.40. The Morgan fingerprint density at radius 1 is 1.03 bits per heavy atom. The smallest absolute Gasteiger partial charge is 0.170 e. The lowest BCUT2D eigenvalue weighted by Gasteiger charge is -2.24. The first-order chi connectivity index (χ1) is 18.9. The maximum atomic E-state index is 14.2. The number of halogens is 2. The molecule has 0 saturated carbocycles. The fraction of sp³-hybridized carbons (Fsp3) is 0.312. The number of hydrogen-bond donors (Lipinski definition) is 2. The lowest BCUT2D eigenvalue weighted by molar-refractivity contribution is 0.101. The van der Waals surface area contributed by atoms with Crippen LogP contribution in [-0.2, 0) is 6.42 Å². The molecular formula is C32H33ClFN3O2. The van der Waals surface area contributed by atoms with Gasteiger partial charge in [-0.25, -0.2) is 4.39 Å². The number of aromatic nitrogens is 1. The van der Waals surface area contributed by atoms with Crippen LogP contribution in [0, 0.1) is 5.82 Å². The third-order valence-electron chi connectivity index (χ3n) is 7.46. The van der Waals surface area contributed by atoms with Gasteiger partial charge in [0.25, 0.3) is 0 Å². The minimum absolute atomic E-state index is 0.0633. The molecule has 0 spiro atoms. The Balaban J connectivity index is 1.46. The van der Waals surface area contributed by atoms with Crippen LogP contribution in [0.5, 0.6) is 5.75 Å². The molecule has 5 rings (SSSR count). The zero-order chi connectivity index (χ0) is 27.4. The predicted molar refractivity (Wildman–Crippen MR) is 157 cm³/mol. The van der Waals surface area contributed by atoms with Crippen molar-refractivity contribution >= 4 is 39.7 Å². The highest BCUT2D eigenvalue weighted by Gasteiger charge is 2.16. The van der Waals surface area contributed by atoms with Crippen LogP contribution in [0.15, 0.2) is 60.8 Å². The van der Waals surface area contributed by atoms with Gasteiger partial charge in [0.2, 0.25) is 0 Å². The summed E-state index contributed by atoms with van der Waals surface area (Å²) in [5.41, 5.74) is 5.16. The third-order valence-corrected chi connectivity index (χ3v) is 7.75. The molecule has 0 amide bonds. The lowest BCUT2D eigenvalue weighted by Crippen LogP contribution is -2.29. The van der Waals surface area contributed by atoms with Gasteiger partial charge in [-0.15, -0.1) is 0 Å². The molecule has 1 aliphatic heterocycles. The molecule has 39 heavy (non-hydrogen) atoms. The summed E-state index contributed by atoms with van der Waals surface area (Å²) < 4.78 is 14.2. The number of rotatable bonds is 7. The van der Waals surface area contributed by atoms with Gasteiger partial charge < -0.3 is 15.3 Å². The summed E-state index contributed by atoms with van der Waals surface area (Å²) in [6.45, 7) is 4.89. The minimum atomic E-state index is -0.792. The molecule has 4 aromatic rings. The summed E-state index contributed by atoms with van der Waals surface area (Å²) in [5.74, 6) is -1.47. The van der Waals surface area contributed by atoms with Gasteiger partial charge in [0, 0.05) is 23.8 Å². The average molecular weight is 546 g/mol. The van der Waals surface area contributed by atoms with Gasteiger partial charge in [-0.1, -0.05) is 49.1 Å².